The Bertz CT molecular complexity index is 1170. The second kappa shape index (κ2) is 8.47. The fraction of sp³-hybridized carbons (Fsp3) is 0.0870. The molecule has 0 saturated heterocycles. The van der Waals surface area contributed by atoms with E-state index in [4.69, 9.17) is 16.1 Å². The molecule has 0 aliphatic heterocycles. The monoisotopic (exact) mass is 421 g/mol. The number of benzene rings is 3. The third-order valence-electron chi connectivity index (χ3n) is 4.54. The van der Waals surface area contributed by atoms with Gasteiger partial charge in [0.05, 0.1) is 11.3 Å². The van der Waals surface area contributed by atoms with E-state index < -0.39 is 17.1 Å². The molecule has 1 aromatic heterocycles. The van der Waals surface area contributed by atoms with Crippen LogP contribution in [-0.4, -0.2) is 16.0 Å². The van der Waals surface area contributed by atoms with Crippen molar-refractivity contribution in [3.63, 3.8) is 0 Å². The molecule has 0 saturated carbocycles. The molecule has 0 radical (unpaired) electrons. The molecule has 0 aliphatic rings. The Balaban J connectivity index is 1.58. The molecule has 0 spiro atoms. The van der Waals surface area contributed by atoms with E-state index >= 15 is 0 Å². The Morgan fingerprint density at radius 1 is 1.03 bits per heavy atom. The fourth-order valence-corrected chi connectivity index (χ4v) is 3.11. The zero-order valence-corrected chi connectivity index (χ0v) is 16.7. The quantitative estimate of drug-likeness (QED) is 0.415. The molecule has 4 aromatic rings. The summed E-state index contributed by atoms with van der Waals surface area (Å²) >= 11 is 6.27. The maximum Gasteiger partial charge on any atom is 0.260 e. The number of para-hydroxylation sites is 1. The summed E-state index contributed by atoms with van der Waals surface area (Å²) in [4.78, 5) is 17.1. The number of carbonyl (C=O) groups is 1. The molecule has 30 heavy (non-hydrogen) atoms. The summed E-state index contributed by atoms with van der Waals surface area (Å²) in [5, 5.41) is 5.85. The van der Waals surface area contributed by atoms with Crippen molar-refractivity contribution in [1.82, 2.24) is 10.1 Å². The second-order valence-corrected chi connectivity index (χ2v) is 7.17. The summed E-state index contributed by atoms with van der Waals surface area (Å²) in [5.74, 6) is -0.120. The van der Waals surface area contributed by atoms with Crippen molar-refractivity contribution >= 4 is 23.2 Å². The number of aryl methyl sites for hydroxylation is 1. The number of anilines is 1. The Labute approximate surface area is 177 Å². The van der Waals surface area contributed by atoms with E-state index in [1.807, 2.05) is 31.2 Å². The summed E-state index contributed by atoms with van der Waals surface area (Å²) < 4.78 is 18.5. The zero-order valence-electron chi connectivity index (χ0n) is 16.0. The number of aromatic nitrogens is 2. The van der Waals surface area contributed by atoms with Gasteiger partial charge in [0.2, 0.25) is 11.7 Å². The summed E-state index contributed by atoms with van der Waals surface area (Å²) in [5.41, 5.74) is 3.50. The normalized spacial score (nSPS) is 11.8. The first kappa shape index (κ1) is 19.8. The van der Waals surface area contributed by atoms with E-state index in [1.165, 1.54) is 24.3 Å². The maximum absolute atomic E-state index is 13.1. The second-order valence-electron chi connectivity index (χ2n) is 6.74. The van der Waals surface area contributed by atoms with Crippen LogP contribution in [0.5, 0.6) is 0 Å². The number of amides is 1. The average molecular weight is 422 g/mol. The van der Waals surface area contributed by atoms with Gasteiger partial charge < -0.3 is 9.84 Å². The number of alkyl halides is 1. The molecule has 1 atom stereocenters. The van der Waals surface area contributed by atoms with Crippen LogP contribution in [0.3, 0.4) is 0 Å². The number of hydrogen-bond donors (Lipinski definition) is 1. The molecule has 1 heterocycles. The van der Waals surface area contributed by atoms with Crippen LogP contribution in [0.4, 0.5) is 10.1 Å². The molecule has 5 nitrogen and oxygen atoms in total. The molecule has 0 aliphatic carbocycles. The number of rotatable bonds is 5. The fourth-order valence-electron chi connectivity index (χ4n) is 2.91. The number of hydrogen-bond acceptors (Lipinski definition) is 4. The van der Waals surface area contributed by atoms with Crippen LogP contribution in [0.1, 0.15) is 16.5 Å². The first-order valence-electron chi connectivity index (χ1n) is 9.22. The van der Waals surface area contributed by atoms with E-state index in [1.54, 1.807) is 24.3 Å². The first-order chi connectivity index (χ1) is 14.5. The molecular formula is C23H17ClFN3O2. The van der Waals surface area contributed by atoms with Gasteiger partial charge in [-0.1, -0.05) is 59.3 Å². The van der Waals surface area contributed by atoms with Crippen LogP contribution in [0.25, 0.3) is 22.8 Å². The Kier molecular flexibility index (Phi) is 5.59. The summed E-state index contributed by atoms with van der Waals surface area (Å²) in [6, 6.07) is 20.3. The van der Waals surface area contributed by atoms with Gasteiger partial charge in [-0.3, -0.25) is 4.79 Å². The number of halogens is 2. The molecule has 1 N–H and O–H groups in total. The van der Waals surface area contributed by atoms with E-state index in [0.717, 1.165) is 11.1 Å². The number of nitrogens with zero attached hydrogens (tertiary/aromatic N) is 2. The molecule has 0 fully saturated rings. The van der Waals surface area contributed by atoms with Crippen LogP contribution in [0.2, 0.25) is 0 Å². The molecule has 7 heteroatoms. The van der Waals surface area contributed by atoms with Gasteiger partial charge >= 0.3 is 0 Å². The number of nitrogens with one attached hydrogen (secondary N) is 1. The lowest BCUT2D eigenvalue weighted by Crippen LogP contribution is -2.17. The highest BCUT2D eigenvalue weighted by atomic mass is 35.5. The summed E-state index contributed by atoms with van der Waals surface area (Å²) in [6.07, 6.45) is 0. The van der Waals surface area contributed by atoms with Crippen molar-refractivity contribution in [2.75, 3.05) is 5.32 Å². The van der Waals surface area contributed by atoms with Crippen LogP contribution >= 0.6 is 11.6 Å². The largest absolute Gasteiger partial charge is 0.334 e. The highest BCUT2D eigenvalue weighted by molar-refractivity contribution is 6.32. The van der Waals surface area contributed by atoms with Gasteiger partial charge in [0.25, 0.3) is 5.89 Å². The minimum absolute atomic E-state index is 0.273. The maximum atomic E-state index is 13.1. The third-order valence-corrected chi connectivity index (χ3v) is 4.99. The average Bonchev–Trinajstić information content (AvgIpc) is 3.24. The predicted molar refractivity (Wildman–Crippen MR) is 114 cm³/mol. The van der Waals surface area contributed by atoms with Crippen molar-refractivity contribution in [1.29, 1.82) is 0 Å². The van der Waals surface area contributed by atoms with Crippen LogP contribution in [-0.2, 0) is 4.79 Å². The van der Waals surface area contributed by atoms with Gasteiger partial charge in [-0.2, -0.15) is 4.98 Å². The number of carbonyl (C=O) groups excluding carboxylic acids is 1. The topological polar surface area (TPSA) is 68.0 Å². The summed E-state index contributed by atoms with van der Waals surface area (Å²) in [7, 11) is 0. The Hall–Kier alpha value is -3.51. The van der Waals surface area contributed by atoms with Crippen molar-refractivity contribution in [2.45, 2.75) is 12.3 Å². The minimum Gasteiger partial charge on any atom is -0.334 e. The molecule has 3 aromatic carbocycles. The standard InChI is InChI=1S/C23H17ClFN3O2/c1-14-6-8-16(9-7-14)21-27-23(30-28-21)18-4-2-3-5-19(18)26-22(29)20(24)15-10-12-17(25)13-11-15/h2-13,20H,1H3,(H,26,29). The van der Waals surface area contributed by atoms with Crippen LogP contribution < -0.4 is 5.32 Å². The summed E-state index contributed by atoms with van der Waals surface area (Å²) in [6.45, 7) is 2.00. The lowest BCUT2D eigenvalue weighted by atomic mass is 10.1. The van der Waals surface area contributed by atoms with Gasteiger partial charge in [0.1, 0.15) is 11.2 Å². The van der Waals surface area contributed by atoms with Crippen molar-refractivity contribution in [3.05, 3.63) is 89.7 Å². The predicted octanol–water partition coefficient (Wildman–Crippen LogP) is 5.77. The van der Waals surface area contributed by atoms with Crippen molar-refractivity contribution < 1.29 is 13.7 Å². The van der Waals surface area contributed by atoms with E-state index in [0.29, 0.717) is 22.6 Å². The molecule has 0 bridgehead atoms. The molecule has 1 amide bonds. The van der Waals surface area contributed by atoms with Gasteiger partial charge in [0, 0.05) is 5.56 Å². The van der Waals surface area contributed by atoms with Gasteiger partial charge in [-0.15, -0.1) is 11.6 Å². The van der Waals surface area contributed by atoms with Crippen molar-refractivity contribution in [3.8, 4) is 22.8 Å². The molecular weight excluding hydrogens is 405 g/mol. The third kappa shape index (κ3) is 4.23. The van der Waals surface area contributed by atoms with E-state index in [9.17, 15) is 9.18 Å². The lowest BCUT2D eigenvalue weighted by molar-refractivity contribution is -0.116. The zero-order chi connectivity index (χ0) is 21.1. The smallest absolute Gasteiger partial charge is 0.260 e. The highest BCUT2D eigenvalue weighted by Crippen LogP contribution is 2.30. The van der Waals surface area contributed by atoms with Gasteiger partial charge in [-0.05, 0) is 36.8 Å². The SMILES string of the molecule is Cc1ccc(-c2noc(-c3ccccc3NC(=O)C(Cl)c3ccc(F)cc3)n2)cc1. The van der Waals surface area contributed by atoms with Crippen molar-refractivity contribution in [2.24, 2.45) is 0 Å². The van der Waals surface area contributed by atoms with Gasteiger partial charge in [0.15, 0.2) is 0 Å². The highest BCUT2D eigenvalue weighted by Gasteiger charge is 2.21. The molecule has 1 unspecified atom stereocenters. The van der Waals surface area contributed by atoms with Crippen LogP contribution in [0.15, 0.2) is 77.3 Å². The minimum atomic E-state index is -0.982. The van der Waals surface area contributed by atoms with Gasteiger partial charge in [-0.25, -0.2) is 4.39 Å². The molecule has 150 valence electrons. The van der Waals surface area contributed by atoms with E-state index in [2.05, 4.69) is 15.5 Å². The molecule has 4 rings (SSSR count). The van der Waals surface area contributed by atoms with E-state index in [-0.39, 0.29) is 5.89 Å². The van der Waals surface area contributed by atoms with Crippen LogP contribution in [0, 0.1) is 12.7 Å². The Morgan fingerprint density at radius 2 is 1.73 bits per heavy atom. The first-order valence-corrected chi connectivity index (χ1v) is 9.65. The lowest BCUT2D eigenvalue weighted by Gasteiger charge is -2.12. The Morgan fingerprint density at radius 3 is 2.47 bits per heavy atom.